The van der Waals surface area contributed by atoms with Gasteiger partial charge in [0.2, 0.25) is 0 Å². The fourth-order valence-electron chi connectivity index (χ4n) is 3.34. The second-order valence-electron chi connectivity index (χ2n) is 7.91. The Morgan fingerprint density at radius 2 is 0.405 bits per heavy atom. The highest BCUT2D eigenvalue weighted by Gasteiger charge is 1.92. The molecule has 0 amide bonds. The van der Waals surface area contributed by atoms with Gasteiger partial charge in [0.15, 0.2) is 0 Å². The van der Waals surface area contributed by atoms with Crippen molar-refractivity contribution in [3.8, 4) is 0 Å². The zero-order valence-electron chi connectivity index (χ0n) is 23.9. The minimum absolute atomic E-state index is 0. The molecule has 0 saturated carbocycles. The molecule has 0 spiro atoms. The summed E-state index contributed by atoms with van der Waals surface area (Å²) >= 11 is 0. The molecule has 3 aromatic carbocycles. The summed E-state index contributed by atoms with van der Waals surface area (Å²) in [5, 5.41) is 19.5. The molecular formula is C30H51N7. The standard InChI is InChI=1S/3C10H16N2.H3N/c3*1-3-11-9-5-7-10(8-6-9)12-4-2;/h3*5-8,11-12H,3-4H2,1-2H3;1H3. The summed E-state index contributed by atoms with van der Waals surface area (Å²) in [6.07, 6.45) is 0. The van der Waals surface area contributed by atoms with E-state index in [1.165, 1.54) is 34.1 Å². The first-order valence-electron chi connectivity index (χ1n) is 13.3. The van der Waals surface area contributed by atoms with E-state index in [4.69, 9.17) is 0 Å². The summed E-state index contributed by atoms with van der Waals surface area (Å²) in [4.78, 5) is 0. The Bertz CT molecular complexity index is 697. The van der Waals surface area contributed by atoms with E-state index in [0.29, 0.717) is 0 Å². The summed E-state index contributed by atoms with van der Waals surface area (Å²) in [6.45, 7) is 18.4. The Hall–Kier alpha value is -3.58. The van der Waals surface area contributed by atoms with E-state index in [9.17, 15) is 0 Å². The van der Waals surface area contributed by atoms with Crippen molar-refractivity contribution in [1.82, 2.24) is 6.15 Å². The predicted octanol–water partition coefficient (Wildman–Crippen LogP) is 7.81. The summed E-state index contributed by atoms with van der Waals surface area (Å²) in [7, 11) is 0. The molecule has 206 valence electrons. The summed E-state index contributed by atoms with van der Waals surface area (Å²) in [5.41, 5.74) is 7.08. The topological polar surface area (TPSA) is 107 Å². The molecule has 0 radical (unpaired) electrons. The van der Waals surface area contributed by atoms with Crippen molar-refractivity contribution >= 4 is 34.1 Å². The fourth-order valence-corrected chi connectivity index (χ4v) is 3.34. The monoisotopic (exact) mass is 509 g/mol. The lowest BCUT2D eigenvalue weighted by Gasteiger charge is -2.05. The van der Waals surface area contributed by atoms with Crippen LogP contribution in [0.25, 0.3) is 0 Å². The third-order valence-corrected chi connectivity index (χ3v) is 4.94. The molecule has 7 nitrogen and oxygen atoms in total. The van der Waals surface area contributed by atoms with Crippen molar-refractivity contribution in [3.63, 3.8) is 0 Å². The van der Waals surface area contributed by atoms with Crippen molar-refractivity contribution in [2.24, 2.45) is 0 Å². The molecule has 9 N–H and O–H groups in total. The van der Waals surface area contributed by atoms with Crippen LogP contribution < -0.4 is 38.1 Å². The van der Waals surface area contributed by atoms with Crippen LogP contribution in [0.4, 0.5) is 34.1 Å². The maximum Gasteiger partial charge on any atom is 0.0341 e. The molecule has 3 aromatic rings. The lowest BCUT2D eigenvalue weighted by molar-refractivity contribution is 1.20. The first kappa shape index (κ1) is 33.4. The number of hydrogen-bond acceptors (Lipinski definition) is 7. The van der Waals surface area contributed by atoms with Crippen molar-refractivity contribution in [2.45, 2.75) is 41.5 Å². The smallest absolute Gasteiger partial charge is 0.0341 e. The second kappa shape index (κ2) is 21.7. The number of benzene rings is 3. The highest BCUT2D eigenvalue weighted by atomic mass is 14.9. The zero-order valence-corrected chi connectivity index (χ0v) is 23.9. The van der Waals surface area contributed by atoms with Crippen LogP contribution in [0, 0.1) is 0 Å². The average Bonchev–Trinajstić information content (AvgIpc) is 2.89. The van der Waals surface area contributed by atoms with Gasteiger partial charge in [0.1, 0.15) is 0 Å². The molecule has 0 bridgehead atoms. The van der Waals surface area contributed by atoms with Crippen LogP contribution in [0.15, 0.2) is 72.8 Å². The first-order valence-corrected chi connectivity index (χ1v) is 13.3. The van der Waals surface area contributed by atoms with Gasteiger partial charge in [-0.3, -0.25) is 0 Å². The number of nitrogens with one attached hydrogen (secondary N) is 6. The Kier molecular flexibility index (Phi) is 19.6. The van der Waals surface area contributed by atoms with Gasteiger partial charge in [-0.05, 0) is 114 Å². The largest absolute Gasteiger partial charge is 0.385 e. The van der Waals surface area contributed by atoms with Crippen molar-refractivity contribution in [3.05, 3.63) is 72.8 Å². The minimum atomic E-state index is 0. The van der Waals surface area contributed by atoms with Crippen molar-refractivity contribution < 1.29 is 0 Å². The molecule has 3 rings (SSSR count). The summed E-state index contributed by atoms with van der Waals surface area (Å²) in [5.74, 6) is 0. The van der Waals surface area contributed by atoms with E-state index in [2.05, 4.69) is 146 Å². The highest BCUT2D eigenvalue weighted by molar-refractivity contribution is 5.55. The van der Waals surface area contributed by atoms with E-state index >= 15 is 0 Å². The number of anilines is 6. The molecule has 7 heteroatoms. The molecule has 0 saturated heterocycles. The second-order valence-corrected chi connectivity index (χ2v) is 7.91. The Morgan fingerprint density at radius 1 is 0.297 bits per heavy atom. The number of rotatable bonds is 12. The maximum atomic E-state index is 3.25. The van der Waals surface area contributed by atoms with E-state index in [0.717, 1.165) is 39.3 Å². The summed E-state index contributed by atoms with van der Waals surface area (Å²) in [6, 6.07) is 25.0. The number of hydrogen-bond donors (Lipinski definition) is 7. The van der Waals surface area contributed by atoms with Gasteiger partial charge in [0.25, 0.3) is 0 Å². The van der Waals surface area contributed by atoms with Crippen LogP contribution in [0.2, 0.25) is 0 Å². The van der Waals surface area contributed by atoms with Gasteiger partial charge in [0, 0.05) is 73.4 Å². The summed E-state index contributed by atoms with van der Waals surface area (Å²) < 4.78 is 0. The minimum Gasteiger partial charge on any atom is -0.385 e. The SMILES string of the molecule is CCNc1ccc(NCC)cc1.CCNc1ccc(NCC)cc1.CCNc1ccc(NCC)cc1.N. The lowest BCUT2D eigenvalue weighted by atomic mass is 10.3. The van der Waals surface area contributed by atoms with Gasteiger partial charge < -0.3 is 38.1 Å². The third-order valence-electron chi connectivity index (χ3n) is 4.94. The van der Waals surface area contributed by atoms with Crippen molar-refractivity contribution in [2.75, 3.05) is 71.2 Å². The molecule has 0 heterocycles. The first-order chi connectivity index (χ1) is 17.6. The Morgan fingerprint density at radius 3 is 0.486 bits per heavy atom. The average molecular weight is 510 g/mol. The highest BCUT2D eigenvalue weighted by Crippen LogP contribution is 2.14. The molecule has 0 atom stereocenters. The van der Waals surface area contributed by atoms with Gasteiger partial charge in [-0.15, -0.1) is 0 Å². The lowest BCUT2D eigenvalue weighted by Crippen LogP contribution is -1.98. The van der Waals surface area contributed by atoms with Crippen LogP contribution in [0.5, 0.6) is 0 Å². The van der Waals surface area contributed by atoms with Gasteiger partial charge >= 0.3 is 0 Å². The van der Waals surface area contributed by atoms with Gasteiger partial charge in [-0.1, -0.05) is 0 Å². The zero-order chi connectivity index (χ0) is 26.4. The van der Waals surface area contributed by atoms with Crippen LogP contribution in [0.3, 0.4) is 0 Å². The van der Waals surface area contributed by atoms with E-state index < -0.39 is 0 Å². The molecule has 0 aliphatic rings. The molecule has 0 aliphatic carbocycles. The van der Waals surface area contributed by atoms with Crippen molar-refractivity contribution in [1.29, 1.82) is 0 Å². The molecule has 0 aliphatic heterocycles. The molecular weight excluding hydrogens is 458 g/mol. The van der Waals surface area contributed by atoms with E-state index in [1.54, 1.807) is 0 Å². The molecule has 0 fully saturated rings. The molecule has 0 aromatic heterocycles. The van der Waals surface area contributed by atoms with Crippen LogP contribution in [0.1, 0.15) is 41.5 Å². The van der Waals surface area contributed by atoms with Crippen LogP contribution in [-0.2, 0) is 0 Å². The van der Waals surface area contributed by atoms with Crippen LogP contribution in [-0.4, -0.2) is 39.3 Å². The predicted molar refractivity (Wildman–Crippen MR) is 169 cm³/mol. The maximum absolute atomic E-state index is 3.25. The third kappa shape index (κ3) is 15.2. The molecule has 0 unspecified atom stereocenters. The van der Waals surface area contributed by atoms with E-state index in [1.807, 2.05) is 0 Å². The van der Waals surface area contributed by atoms with Gasteiger partial charge in [-0.2, -0.15) is 0 Å². The Labute approximate surface area is 225 Å². The van der Waals surface area contributed by atoms with Gasteiger partial charge in [-0.25, -0.2) is 0 Å². The van der Waals surface area contributed by atoms with Gasteiger partial charge in [0.05, 0.1) is 0 Å². The Balaban J connectivity index is 0.000000518. The quantitative estimate of drug-likeness (QED) is 0.133. The fraction of sp³-hybridized carbons (Fsp3) is 0.400. The molecule has 37 heavy (non-hydrogen) atoms. The van der Waals surface area contributed by atoms with E-state index in [-0.39, 0.29) is 6.15 Å². The normalized spacial score (nSPS) is 9.24. The van der Waals surface area contributed by atoms with Crippen LogP contribution >= 0.6 is 0 Å².